The first kappa shape index (κ1) is 14.4. The largest absolute Gasteiger partial charge is 0.314 e. The zero-order chi connectivity index (χ0) is 14.3. The van der Waals surface area contributed by atoms with Crippen LogP contribution in [0.4, 0.5) is 0 Å². The second-order valence-corrected chi connectivity index (χ2v) is 6.92. The molecule has 3 unspecified atom stereocenters. The van der Waals surface area contributed by atoms with Gasteiger partial charge < -0.3 is 5.32 Å². The van der Waals surface area contributed by atoms with E-state index in [4.69, 9.17) is 11.6 Å². The molecule has 112 valence electrons. The molecule has 0 aliphatic heterocycles. The molecular weight excluding hydrogens is 270 g/mol. The van der Waals surface area contributed by atoms with Gasteiger partial charge in [-0.25, -0.2) is 0 Å². The lowest BCUT2D eigenvalue weighted by Crippen LogP contribution is -2.38. The van der Waals surface area contributed by atoms with Crippen LogP contribution in [0.25, 0.3) is 0 Å². The highest BCUT2D eigenvalue weighted by atomic mass is 35.5. The molecule has 0 amide bonds. The summed E-state index contributed by atoms with van der Waals surface area (Å²) in [5, 5.41) is 9.14. The van der Waals surface area contributed by atoms with Gasteiger partial charge in [0.05, 0.1) is 16.4 Å². The van der Waals surface area contributed by atoms with Gasteiger partial charge in [-0.3, -0.25) is 4.68 Å². The Morgan fingerprint density at radius 2 is 2.00 bits per heavy atom. The molecule has 2 saturated carbocycles. The molecule has 0 aromatic carbocycles. The van der Waals surface area contributed by atoms with E-state index < -0.39 is 0 Å². The van der Waals surface area contributed by atoms with Gasteiger partial charge in [-0.05, 0) is 50.0 Å². The van der Waals surface area contributed by atoms with Crippen LogP contribution >= 0.6 is 11.6 Å². The fourth-order valence-electron chi connectivity index (χ4n) is 4.01. The molecule has 1 aromatic heterocycles. The number of hydrogen-bond acceptors (Lipinski definition) is 2. The third kappa shape index (κ3) is 2.62. The van der Waals surface area contributed by atoms with Crippen molar-refractivity contribution in [1.29, 1.82) is 0 Å². The van der Waals surface area contributed by atoms with Gasteiger partial charge >= 0.3 is 0 Å². The molecule has 3 atom stereocenters. The summed E-state index contributed by atoms with van der Waals surface area (Å²) in [4.78, 5) is 0. The van der Waals surface area contributed by atoms with Crippen LogP contribution in [0, 0.1) is 17.8 Å². The summed E-state index contributed by atoms with van der Waals surface area (Å²) >= 11 is 6.51. The van der Waals surface area contributed by atoms with Crippen LogP contribution in [0.3, 0.4) is 0 Å². The Kier molecular flexibility index (Phi) is 4.09. The zero-order valence-electron chi connectivity index (χ0n) is 12.8. The number of halogens is 1. The van der Waals surface area contributed by atoms with Gasteiger partial charge in [-0.15, -0.1) is 0 Å². The van der Waals surface area contributed by atoms with E-state index in [1.165, 1.54) is 25.0 Å². The number of nitrogens with one attached hydrogen (secondary N) is 1. The Balaban J connectivity index is 1.74. The molecule has 0 saturated heterocycles. The molecule has 3 rings (SSSR count). The van der Waals surface area contributed by atoms with Crippen LogP contribution in [-0.4, -0.2) is 22.4 Å². The highest BCUT2D eigenvalue weighted by Crippen LogP contribution is 2.55. The fourth-order valence-corrected chi connectivity index (χ4v) is 4.38. The maximum atomic E-state index is 6.51. The third-order valence-electron chi connectivity index (χ3n) is 5.23. The van der Waals surface area contributed by atoms with Crippen LogP contribution in [0.5, 0.6) is 0 Å². The number of rotatable bonds is 6. The predicted octanol–water partition coefficient (Wildman–Crippen LogP) is 3.20. The third-order valence-corrected chi connectivity index (χ3v) is 5.67. The summed E-state index contributed by atoms with van der Waals surface area (Å²) in [6.45, 7) is 5.35. The maximum absolute atomic E-state index is 6.51. The Morgan fingerprint density at radius 1 is 1.30 bits per heavy atom. The van der Waals surface area contributed by atoms with Gasteiger partial charge in [0, 0.05) is 19.5 Å². The van der Waals surface area contributed by atoms with Gasteiger partial charge in [-0.1, -0.05) is 25.4 Å². The van der Waals surface area contributed by atoms with Crippen molar-refractivity contribution >= 4 is 11.6 Å². The topological polar surface area (TPSA) is 29.9 Å². The summed E-state index contributed by atoms with van der Waals surface area (Å²) in [6.07, 6.45) is 6.24. The minimum atomic E-state index is 0.561. The summed E-state index contributed by atoms with van der Waals surface area (Å²) in [5.41, 5.74) is 2.24. The van der Waals surface area contributed by atoms with Crippen molar-refractivity contribution in [3.05, 3.63) is 16.4 Å². The van der Waals surface area contributed by atoms with Crippen molar-refractivity contribution in [2.75, 3.05) is 6.54 Å². The molecule has 20 heavy (non-hydrogen) atoms. The minimum Gasteiger partial charge on any atom is -0.314 e. The van der Waals surface area contributed by atoms with Gasteiger partial charge in [0.25, 0.3) is 0 Å². The van der Waals surface area contributed by atoms with E-state index in [0.29, 0.717) is 6.04 Å². The first-order valence-electron chi connectivity index (χ1n) is 8.07. The van der Waals surface area contributed by atoms with Crippen LogP contribution < -0.4 is 5.32 Å². The number of nitrogens with zero attached hydrogens (tertiary/aromatic N) is 2. The van der Waals surface area contributed by atoms with Gasteiger partial charge in [0.2, 0.25) is 0 Å². The number of hydrogen-bond donors (Lipinski definition) is 1. The number of aryl methyl sites for hydroxylation is 2. The lowest BCUT2D eigenvalue weighted by Gasteiger charge is -2.26. The smallest absolute Gasteiger partial charge is 0.0850 e. The lowest BCUT2D eigenvalue weighted by molar-refractivity contribution is 0.332. The van der Waals surface area contributed by atoms with E-state index in [9.17, 15) is 0 Å². The van der Waals surface area contributed by atoms with Gasteiger partial charge in [0.1, 0.15) is 0 Å². The maximum Gasteiger partial charge on any atom is 0.0850 e. The standard InChI is InChI=1S/C16H26ClN3/c1-4-13-16(17)15(20(3)19-13)9-14(18-5-2)12-7-10-6-11(10)8-12/h10-12,14,18H,4-9H2,1-3H3. The first-order chi connectivity index (χ1) is 9.63. The molecule has 1 aromatic rings. The van der Waals surface area contributed by atoms with E-state index in [1.54, 1.807) is 0 Å². The summed E-state index contributed by atoms with van der Waals surface area (Å²) < 4.78 is 1.99. The molecule has 0 bridgehead atoms. The second-order valence-electron chi connectivity index (χ2n) is 6.54. The monoisotopic (exact) mass is 295 g/mol. The first-order valence-corrected chi connectivity index (χ1v) is 8.45. The summed E-state index contributed by atoms with van der Waals surface area (Å²) in [6, 6.07) is 0.561. The molecular formula is C16H26ClN3. The Morgan fingerprint density at radius 3 is 2.55 bits per heavy atom. The SMILES string of the molecule is CCNC(Cc1c(Cl)c(CC)nn1C)C1CC2CC2C1. The summed E-state index contributed by atoms with van der Waals surface area (Å²) in [5.74, 6) is 2.90. The van der Waals surface area contributed by atoms with Gasteiger partial charge in [-0.2, -0.15) is 5.10 Å². The number of likely N-dealkylation sites (N-methyl/N-ethyl adjacent to an activating group) is 1. The summed E-state index contributed by atoms with van der Waals surface area (Å²) in [7, 11) is 2.02. The van der Waals surface area contributed by atoms with E-state index in [0.717, 1.165) is 47.9 Å². The van der Waals surface area contributed by atoms with E-state index in [2.05, 4.69) is 24.3 Å². The van der Waals surface area contributed by atoms with Crippen molar-refractivity contribution in [1.82, 2.24) is 15.1 Å². The molecule has 2 aliphatic rings. The van der Waals surface area contributed by atoms with E-state index in [-0.39, 0.29) is 0 Å². The minimum absolute atomic E-state index is 0.561. The lowest BCUT2D eigenvalue weighted by atomic mass is 9.91. The predicted molar refractivity (Wildman–Crippen MR) is 83.1 cm³/mol. The molecule has 0 spiro atoms. The number of fused-ring (bicyclic) bond motifs is 1. The Labute approximate surface area is 127 Å². The van der Waals surface area contributed by atoms with Crippen molar-refractivity contribution in [3.63, 3.8) is 0 Å². The highest BCUT2D eigenvalue weighted by Gasteiger charge is 2.47. The molecule has 2 fully saturated rings. The van der Waals surface area contributed by atoms with Crippen LogP contribution in [0.2, 0.25) is 5.02 Å². The van der Waals surface area contributed by atoms with Crippen molar-refractivity contribution in [2.45, 2.75) is 52.0 Å². The van der Waals surface area contributed by atoms with Crippen LogP contribution in [0.1, 0.15) is 44.5 Å². The van der Waals surface area contributed by atoms with E-state index in [1.807, 2.05) is 11.7 Å². The highest BCUT2D eigenvalue weighted by molar-refractivity contribution is 6.31. The Bertz CT molecular complexity index is 472. The van der Waals surface area contributed by atoms with Crippen molar-refractivity contribution in [2.24, 2.45) is 24.8 Å². The zero-order valence-corrected chi connectivity index (χ0v) is 13.6. The molecule has 4 heteroatoms. The van der Waals surface area contributed by atoms with Crippen molar-refractivity contribution in [3.8, 4) is 0 Å². The Hall–Kier alpha value is -0.540. The van der Waals surface area contributed by atoms with E-state index >= 15 is 0 Å². The molecule has 0 radical (unpaired) electrons. The van der Waals surface area contributed by atoms with Crippen LogP contribution in [0.15, 0.2) is 0 Å². The quantitative estimate of drug-likeness (QED) is 0.873. The van der Waals surface area contributed by atoms with Crippen LogP contribution in [-0.2, 0) is 19.9 Å². The fraction of sp³-hybridized carbons (Fsp3) is 0.812. The average molecular weight is 296 g/mol. The second kappa shape index (κ2) is 5.69. The normalized spacial score (nSPS) is 29.5. The molecule has 1 heterocycles. The molecule has 3 nitrogen and oxygen atoms in total. The molecule has 1 N–H and O–H groups in total. The molecule has 2 aliphatic carbocycles. The van der Waals surface area contributed by atoms with Crippen molar-refractivity contribution < 1.29 is 0 Å². The number of aromatic nitrogens is 2. The van der Waals surface area contributed by atoms with Gasteiger partial charge in [0.15, 0.2) is 0 Å². The average Bonchev–Trinajstić information content (AvgIpc) is 2.95.